The van der Waals surface area contributed by atoms with Crippen LogP contribution >= 0.6 is 0 Å². The summed E-state index contributed by atoms with van der Waals surface area (Å²) in [5, 5.41) is 12.3. The first-order valence-electron chi connectivity index (χ1n) is 8.57. The molecule has 1 aliphatic rings. The molecule has 0 radical (unpaired) electrons. The number of likely N-dealkylation sites (tertiary alicyclic amines) is 1. The number of nitrogens with zero attached hydrogens (tertiary/aromatic N) is 1. The highest BCUT2D eigenvalue weighted by atomic mass is 16.5. The highest BCUT2D eigenvalue weighted by molar-refractivity contribution is 5.95. The van der Waals surface area contributed by atoms with Crippen LogP contribution in [0.3, 0.4) is 0 Å². The molecule has 0 aromatic heterocycles. The van der Waals surface area contributed by atoms with Crippen molar-refractivity contribution in [2.24, 2.45) is 5.92 Å². The van der Waals surface area contributed by atoms with Crippen molar-refractivity contribution in [3.63, 3.8) is 0 Å². The standard InChI is InChI=1S/C18H26N2O5/c1-4-24-16-7-6-13(8-17(16)25-5-2)18(23)20-9-14(11-21)15(10-20)19-12(3)22/h6-8,14-15,21H,4-5,9-11H2,1-3H3,(H,19,22). The molecule has 1 saturated heterocycles. The van der Waals surface area contributed by atoms with Crippen LogP contribution in [0.5, 0.6) is 11.5 Å². The van der Waals surface area contributed by atoms with Gasteiger partial charge in [-0.3, -0.25) is 9.59 Å². The van der Waals surface area contributed by atoms with Gasteiger partial charge in [-0.2, -0.15) is 0 Å². The largest absolute Gasteiger partial charge is 0.490 e. The number of nitrogens with one attached hydrogen (secondary N) is 1. The molecule has 0 saturated carbocycles. The number of carbonyl (C=O) groups excluding carboxylic acids is 2. The monoisotopic (exact) mass is 350 g/mol. The molecule has 7 heteroatoms. The minimum atomic E-state index is -0.236. The highest BCUT2D eigenvalue weighted by Crippen LogP contribution is 2.30. The van der Waals surface area contributed by atoms with Crippen LogP contribution in [-0.4, -0.2) is 60.8 Å². The van der Waals surface area contributed by atoms with E-state index in [0.29, 0.717) is 43.4 Å². The molecule has 1 heterocycles. The van der Waals surface area contributed by atoms with Crippen LogP contribution in [0.15, 0.2) is 18.2 Å². The average Bonchev–Trinajstić information content (AvgIpc) is 2.98. The molecule has 138 valence electrons. The van der Waals surface area contributed by atoms with Crippen LogP contribution in [0.1, 0.15) is 31.1 Å². The highest BCUT2D eigenvalue weighted by Gasteiger charge is 2.35. The van der Waals surface area contributed by atoms with Gasteiger partial charge in [-0.25, -0.2) is 0 Å². The summed E-state index contributed by atoms with van der Waals surface area (Å²) in [6.07, 6.45) is 0. The van der Waals surface area contributed by atoms with E-state index in [1.807, 2.05) is 13.8 Å². The van der Waals surface area contributed by atoms with Gasteiger partial charge in [-0.05, 0) is 32.0 Å². The molecule has 2 amide bonds. The van der Waals surface area contributed by atoms with Gasteiger partial charge >= 0.3 is 0 Å². The van der Waals surface area contributed by atoms with Crippen molar-refractivity contribution in [1.29, 1.82) is 0 Å². The zero-order valence-electron chi connectivity index (χ0n) is 14.9. The summed E-state index contributed by atoms with van der Waals surface area (Å²) in [7, 11) is 0. The van der Waals surface area contributed by atoms with Crippen LogP contribution in [0, 0.1) is 5.92 Å². The number of aliphatic hydroxyl groups excluding tert-OH is 1. The number of benzene rings is 1. The van der Waals surface area contributed by atoms with E-state index in [0.717, 1.165) is 0 Å². The third-order valence-corrected chi connectivity index (χ3v) is 4.14. The second-order valence-corrected chi connectivity index (χ2v) is 5.99. The predicted molar refractivity (Wildman–Crippen MR) is 92.9 cm³/mol. The van der Waals surface area contributed by atoms with E-state index in [1.165, 1.54) is 6.92 Å². The van der Waals surface area contributed by atoms with Crippen molar-refractivity contribution >= 4 is 11.8 Å². The lowest BCUT2D eigenvalue weighted by Gasteiger charge is -2.18. The zero-order chi connectivity index (χ0) is 18.4. The third-order valence-electron chi connectivity index (χ3n) is 4.14. The van der Waals surface area contributed by atoms with E-state index in [2.05, 4.69) is 5.32 Å². The molecular formula is C18H26N2O5. The molecule has 2 rings (SSSR count). The Labute approximate surface area is 147 Å². The van der Waals surface area contributed by atoms with Crippen molar-refractivity contribution in [2.45, 2.75) is 26.8 Å². The number of hydrogen-bond acceptors (Lipinski definition) is 5. The molecule has 2 unspecified atom stereocenters. The van der Waals surface area contributed by atoms with Gasteiger partial charge in [0.2, 0.25) is 5.91 Å². The predicted octanol–water partition coefficient (Wildman–Crippen LogP) is 1.05. The van der Waals surface area contributed by atoms with E-state index < -0.39 is 0 Å². The first kappa shape index (κ1) is 19.1. The van der Waals surface area contributed by atoms with E-state index in [4.69, 9.17) is 9.47 Å². The first-order chi connectivity index (χ1) is 12.0. The zero-order valence-corrected chi connectivity index (χ0v) is 14.9. The summed E-state index contributed by atoms with van der Waals surface area (Å²) in [4.78, 5) is 25.7. The fourth-order valence-corrected chi connectivity index (χ4v) is 3.01. The van der Waals surface area contributed by atoms with Crippen molar-refractivity contribution in [3.8, 4) is 11.5 Å². The summed E-state index contributed by atoms with van der Waals surface area (Å²) in [5.74, 6) is 0.646. The summed E-state index contributed by atoms with van der Waals surface area (Å²) in [5.41, 5.74) is 0.493. The van der Waals surface area contributed by atoms with Crippen molar-refractivity contribution in [1.82, 2.24) is 10.2 Å². The van der Waals surface area contributed by atoms with Crippen LogP contribution in [0.2, 0.25) is 0 Å². The topological polar surface area (TPSA) is 88.1 Å². The van der Waals surface area contributed by atoms with Gasteiger partial charge in [0.15, 0.2) is 11.5 Å². The fraction of sp³-hybridized carbons (Fsp3) is 0.556. The van der Waals surface area contributed by atoms with Gasteiger partial charge in [-0.1, -0.05) is 0 Å². The molecule has 2 atom stereocenters. The Morgan fingerprint density at radius 1 is 1.20 bits per heavy atom. The lowest BCUT2D eigenvalue weighted by Crippen LogP contribution is -2.40. The average molecular weight is 350 g/mol. The maximum atomic E-state index is 12.8. The number of aliphatic hydroxyl groups is 1. The van der Waals surface area contributed by atoms with E-state index >= 15 is 0 Å². The molecule has 1 aromatic rings. The SMILES string of the molecule is CCOc1ccc(C(=O)N2CC(CO)C(NC(C)=O)C2)cc1OCC. The third kappa shape index (κ3) is 4.63. The van der Waals surface area contributed by atoms with Crippen LogP contribution < -0.4 is 14.8 Å². The van der Waals surface area contributed by atoms with Crippen molar-refractivity contribution < 1.29 is 24.2 Å². The Kier molecular flexibility index (Phi) is 6.64. The van der Waals surface area contributed by atoms with Crippen molar-refractivity contribution in [2.75, 3.05) is 32.9 Å². The Balaban J connectivity index is 2.17. The fourth-order valence-electron chi connectivity index (χ4n) is 3.01. The Morgan fingerprint density at radius 3 is 2.48 bits per heavy atom. The molecule has 25 heavy (non-hydrogen) atoms. The molecule has 1 fully saturated rings. The minimum absolute atomic E-state index is 0.0812. The maximum Gasteiger partial charge on any atom is 0.254 e. The van der Waals surface area contributed by atoms with Gasteiger partial charge < -0.3 is 24.8 Å². The lowest BCUT2D eigenvalue weighted by atomic mass is 10.1. The number of hydrogen-bond donors (Lipinski definition) is 2. The molecular weight excluding hydrogens is 324 g/mol. The Morgan fingerprint density at radius 2 is 1.88 bits per heavy atom. The quantitative estimate of drug-likeness (QED) is 0.767. The molecule has 2 N–H and O–H groups in total. The number of amides is 2. The Bertz CT molecular complexity index is 619. The summed E-state index contributed by atoms with van der Waals surface area (Å²) in [6.45, 7) is 6.86. The van der Waals surface area contributed by atoms with Crippen LogP contribution in [0.4, 0.5) is 0 Å². The molecule has 0 aliphatic carbocycles. The summed E-state index contributed by atoms with van der Waals surface area (Å²) in [6, 6.07) is 4.87. The lowest BCUT2D eigenvalue weighted by molar-refractivity contribution is -0.119. The summed E-state index contributed by atoms with van der Waals surface area (Å²) >= 11 is 0. The number of carbonyl (C=O) groups is 2. The maximum absolute atomic E-state index is 12.8. The summed E-state index contributed by atoms with van der Waals surface area (Å²) < 4.78 is 11.1. The van der Waals surface area contributed by atoms with E-state index in [1.54, 1.807) is 23.1 Å². The molecule has 0 spiro atoms. The van der Waals surface area contributed by atoms with Crippen molar-refractivity contribution in [3.05, 3.63) is 23.8 Å². The second kappa shape index (κ2) is 8.71. The first-order valence-corrected chi connectivity index (χ1v) is 8.57. The van der Waals surface area contributed by atoms with E-state index in [-0.39, 0.29) is 30.4 Å². The van der Waals surface area contributed by atoms with Gasteiger partial charge in [0.1, 0.15) is 0 Å². The normalized spacial score (nSPS) is 19.6. The minimum Gasteiger partial charge on any atom is -0.490 e. The second-order valence-electron chi connectivity index (χ2n) is 5.99. The van der Waals surface area contributed by atoms with Crippen LogP contribution in [0.25, 0.3) is 0 Å². The molecule has 1 aliphatic heterocycles. The molecule has 1 aromatic carbocycles. The number of ether oxygens (including phenoxy) is 2. The van der Waals surface area contributed by atoms with Crippen LogP contribution in [-0.2, 0) is 4.79 Å². The van der Waals surface area contributed by atoms with Gasteiger partial charge in [0.05, 0.1) is 19.3 Å². The molecule has 0 bridgehead atoms. The molecule has 7 nitrogen and oxygen atoms in total. The smallest absolute Gasteiger partial charge is 0.254 e. The van der Waals surface area contributed by atoms with Gasteiger partial charge in [-0.15, -0.1) is 0 Å². The Hall–Kier alpha value is -2.28. The van der Waals surface area contributed by atoms with E-state index in [9.17, 15) is 14.7 Å². The number of rotatable bonds is 7. The van der Waals surface area contributed by atoms with Gasteiger partial charge in [0.25, 0.3) is 5.91 Å². The van der Waals surface area contributed by atoms with Gasteiger partial charge in [0, 0.05) is 38.1 Å².